The first-order chi connectivity index (χ1) is 11.3. The number of hydrogen-bond acceptors (Lipinski definition) is 5. The smallest absolute Gasteiger partial charge is 0.408 e. The predicted octanol–water partition coefficient (Wildman–Crippen LogP) is 1.53. The van der Waals surface area contributed by atoms with Crippen LogP contribution >= 0.6 is 0 Å². The Labute approximate surface area is 141 Å². The zero-order chi connectivity index (χ0) is 17.5. The van der Waals surface area contributed by atoms with Gasteiger partial charge in [0.1, 0.15) is 0 Å². The van der Waals surface area contributed by atoms with Gasteiger partial charge in [0.15, 0.2) is 5.58 Å². The number of sulfonamides is 1. The van der Waals surface area contributed by atoms with Crippen LogP contribution in [0.1, 0.15) is 24.8 Å². The molecule has 2 heterocycles. The first-order valence-corrected chi connectivity index (χ1v) is 9.53. The molecule has 24 heavy (non-hydrogen) atoms. The van der Waals surface area contributed by atoms with Crippen molar-refractivity contribution in [1.82, 2.24) is 14.2 Å². The van der Waals surface area contributed by atoms with E-state index in [2.05, 4.69) is 9.88 Å². The first kappa shape index (κ1) is 17.2. The highest BCUT2D eigenvalue weighted by molar-refractivity contribution is 7.89. The van der Waals surface area contributed by atoms with Crippen molar-refractivity contribution in [2.75, 3.05) is 27.2 Å². The van der Waals surface area contributed by atoms with Crippen LogP contribution < -0.4 is 5.76 Å². The van der Waals surface area contributed by atoms with Crippen molar-refractivity contribution < 1.29 is 12.8 Å². The molecule has 3 rings (SSSR count). The second-order valence-electron chi connectivity index (χ2n) is 6.58. The van der Waals surface area contributed by atoms with Gasteiger partial charge < -0.3 is 9.32 Å². The van der Waals surface area contributed by atoms with E-state index in [1.165, 1.54) is 6.07 Å². The van der Waals surface area contributed by atoms with Crippen molar-refractivity contribution in [3.8, 4) is 0 Å². The van der Waals surface area contributed by atoms with Crippen molar-refractivity contribution in [2.24, 2.45) is 0 Å². The number of oxazole rings is 1. The van der Waals surface area contributed by atoms with E-state index >= 15 is 0 Å². The average molecular weight is 353 g/mol. The molecule has 2 aromatic rings. The number of hydrogen-bond donors (Lipinski definition) is 1. The standard InChI is InChI=1S/C16H23N3O4S/c1-11-9-13-14(23-16(20)17-13)10-15(11)24(21,22)19-7-4-5-12(6-8-19)18(2)3/h9-10,12H,4-8H2,1-3H3,(H,17,20). The summed E-state index contributed by atoms with van der Waals surface area (Å²) < 4.78 is 32.7. The van der Waals surface area contributed by atoms with Crippen molar-refractivity contribution in [1.29, 1.82) is 0 Å². The van der Waals surface area contributed by atoms with Crippen molar-refractivity contribution in [2.45, 2.75) is 37.1 Å². The van der Waals surface area contributed by atoms with Crippen LogP contribution in [-0.4, -0.2) is 55.8 Å². The minimum absolute atomic E-state index is 0.209. The Morgan fingerprint density at radius 3 is 2.71 bits per heavy atom. The van der Waals surface area contributed by atoms with Crippen LogP contribution in [0.5, 0.6) is 0 Å². The van der Waals surface area contributed by atoms with E-state index in [1.807, 2.05) is 14.1 Å². The Balaban J connectivity index is 1.95. The molecule has 0 spiro atoms. The van der Waals surface area contributed by atoms with E-state index < -0.39 is 15.8 Å². The zero-order valence-electron chi connectivity index (χ0n) is 14.2. The highest BCUT2D eigenvalue weighted by atomic mass is 32.2. The lowest BCUT2D eigenvalue weighted by Crippen LogP contribution is -2.34. The van der Waals surface area contributed by atoms with Crippen molar-refractivity contribution >= 4 is 21.1 Å². The summed E-state index contributed by atoms with van der Waals surface area (Å²) in [5, 5.41) is 0. The van der Waals surface area contributed by atoms with Gasteiger partial charge in [-0.3, -0.25) is 4.98 Å². The minimum atomic E-state index is -3.61. The number of H-pyrrole nitrogens is 1. The number of benzene rings is 1. The van der Waals surface area contributed by atoms with Gasteiger partial charge in [-0.1, -0.05) is 0 Å². The largest absolute Gasteiger partial charge is 0.417 e. The van der Waals surface area contributed by atoms with Crippen LogP contribution in [0.25, 0.3) is 11.1 Å². The molecular formula is C16H23N3O4S. The van der Waals surface area contributed by atoms with Gasteiger partial charge in [-0.2, -0.15) is 4.31 Å². The minimum Gasteiger partial charge on any atom is -0.408 e. The van der Waals surface area contributed by atoms with Gasteiger partial charge >= 0.3 is 5.76 Å². The predicted molar refractivity (Wildman–Crippen MR) is 91.7 cm³/mol. The average Bonchev–Trinajstić information content (AvgIpc) is 2.72. The van der Waals surface area contributed by atoms with Crippen LogP contribution in [0.3, 0.4) is 0 Å². The molecule has 8 heteroatoms. The third-order valence-electron chi connectivity index (χ3n) is 4.72. The zero-order valence-corrected chi connectivity index (χ0v) is 15.0. The van der Waals surface area contributed by atoms with Gasteiger partial charge in [-0.25, -0.2) is 13.2 Å². The Morgan fingerprint density at radius 2 is 2.00 bits per heavy atom. The summed E-state index contributed by atoms with van der Waals surface area (Å²) in [5.74, 6) is -0.581. The van der Waals surface area contributed by atoms with Crippen LogP contribution in [0.15, 0.2) is 26.2 Å². The molecule has 0 saturated carbocycles. The summed E-state index contributed by atoms with van der Waals surface area (Å²) >= 11 is 0. The number of fused-ring (bicyclic) bond motifs is 1. The maximum atomic E-state index is 13.1. The summed E-state index contributed by atoms with van der Waals surface area (Å²) in [6, 6.07) is 3.50. The normalized spacial score (nSPS) is 20.6. The maximum absolute atomic E-state index is 13.1. The monoisotopic (exact) mass is 353 g/mol. The summed E-state index contributed by atoms with van der Waals surface area (Å²) in [4.78, 5) is 16.2. The van der Waals surface area contributed by atoms with Gasteiger partial charge in [0, 0.05) is 25.2 Å². The Bertz CT molecular complexity index is 898. The molecule has 0 amide bonds. The molecule has 1 atom stereocenters. The van der Waals surface area contributed by atoms with E-state index in [0.29, 0.717) is 30.2 Å². The van der Waals surface area contributed by atoms with Gasteiger partial charge in [0.2, 0.25) is 10.0 Å². The van der Waals surface area contributed by atoms with E-state index in [0.717, 1.165) is 19.3 Å². The van der Waals surface area contributed by atoms with Crippen LogP contribution in [-0.2, 0) is 10.0 Å². The van der Waals surface area contributed by atoms with Crippen LogP contribution in [0.2, 0.25) is 0 Å². The number of nitrogens with one attached hydrogen (secondary N) is 1. The number of aryl methyl sites for hydroxylation is 1. The van der Waals surface area contributed by atoms with E-state index in [-0.39, 0.29) is 10.5 Å². The highest BCUT2D eigenvalue weighted by Crippen LogP contribution is 2.27. The topological polar surface area (TPSA) is 86.6 Å². The Morgan fingerprint density at radius 1 is 1.25 bits per heavy atom. The van der Waals surface area contributed by atoms with Gasteiger partial charge in [0.25, 0.3) is 0 Å². The van der Waals surface area contributed by atoms with Gasteiger partial charge in [-0.15, -0.1) is 0 Å². The molecule has 1 N–H and O–H groups in total. The molecule has 0 bridgehead atoms. The van der Waals surface area contributed by atoms with Gasteiger partial charge in [-0.05, 0) is 51.9 Å². The molecule has 1 aromatic carbocycles. The number of aromatic amines is 1. The fourth-order valence-corrected chi connectivity index (χ4v) is 5.03. The Kier molecular flexibility index (Phi) is 4.54. The van der Waals surface area contributed by atoms with Crippen molar-refractivity contribution in [3.05, 3.63) is 28.2 Å². The number of nitrogens with zero attached hydrogens (tertiary/aromatic N) is 2. The quantitative estimate of drug-likeness (QED) is 0.904. The molecule has 0 radical (unpaired) electrons. The molecule has 1 unspecified atom stereocenters. The second-order valence-corrected chi connectivity index (χ2v) is 8.49. The highest BCUT2D eigenvalue weighted by Gasteiger charge is 2.30. The van der Waals surface area contributed by atoms with Crippen LogP contribution in [0, 0.1) is 6.92 Å². The number of aromatic nitrogens is 1. The summed E-state index contributed by atoms with van der Waals surface area (Å²) in [6.07, 6.45) is 2.64. The molecule has 1 aliphatic rings. The number of rotatable bonds is 3. The molecule has 1 aromatic heterocycles. The fourth-order valence-electron chi connectivity index (χ4n) is 3.31. The molecule has 1 saturated heterocycles. The molecule has 132 valence electrons. The van der Waals surface area contributed by atoms with E-state index in [9.17, 15) is 13.2 Å². The molecule has 1 fully saturated rings. The third kappa shape index (κ3) is 3.13. The van der Waals surface area contributed by atoms with Crippen molar-refractivity contribution in [3.63, 3.8) is 0 Å². The molecule has 0 aliphatic carbocycles. The van der Waals surface area contributed by atoms with E-state index in [4.69, 9.17) is 4.42 Å². The lowest BCUT2D eigenvalue weighted by Gasteiger charge is -2.23. The summed E-state index contributed by atoms with van der Waals surface area (Å²) in [5.41, 5.74) is 1.39. The third-order valence-corrected chi connectivity index (χ3v) is 6.76. The molecule has 1 aliphatic heterocycles. The van der Waals surface area contributed by atoms with Crippen LogP contribution in [0.4, 0.5) is 0 Å². The maximum Gasteiger partial charge on any atom is 0.417 e. The second kappa shape index (κ2) is 6.34. The fraction of sp³-hybridized carbons (Fsp3) is 0.562. The van der Waals surface area contributed by atoms with Gasteiger partial charge in [0.05, 0.1) is 10.4 Å². The summed E-state index contributed by atoms with van der Waals surface area (Å²) in [6.45, 7) is 2.75. The molecule has 7 nitrogen and oxygen atoms in total. The molecular weight excluding hydrogens is 330 g/mol. The lowest BCUT2D eigenvalue weighted by molar-refractivity contribution is 0.268. The lowest BCUT2D eigenvalue weighted by atomic mass is 10.1. The van der Waals surface area contributed by atoms with E-state index in [1.54, 1.807) is 17.3 Å². The SMILES string of the molecule is Cc1cc2[nH]c(=O)oc2cc1S(=O)(=O)N1CCCC(N(C)C)CC1. The summed E-state index contributed by atoms with van der Waals surface area (Å²) in [7, 11) is 0.449. The first-order valence-electron chi connectivity index (χ1n) is 8.09. The Hall–Kier alpha value is -1.64.